The minimum Gasteiger partial charge on any atom is -0.398 e. The van der Waals surface area contributed by atoms with Gasteiger partial charge in [0.1, 0.15) is 0 Å². The molecule has 0 saturated heterocycles. The number of nitrogens with two attached hydrogens (primary N) is 1. The van der Waals surface area contributed by atoms with Crippen molar-refractivity contribution in [1.82, 2.24) is 5.32 Å². The monoisotopic (exact) mass is 268 g/mol. The Bertz CT molecular complexity index is 620. The molecule has 3 heteroatoms. The van der Waals surface area contributed by atoms with E-state index in [1.165, 1.54) is 5.56 Å². The molecule has 2 aromatic carbocycles. The number of nitrogens with one attached hydrogen (secondary N) is 1. The summed E-state index contributed by atoms with van der Waals surface area (Å²) in [6.07, 6.45) is 0.962. The van der Waals surface area contributed by atoms with Crippen molar-refractivity contribution in [2.75, 3.05) is 5.73 Å². The van der Waals surface area contributed by atoms with Gasteiger partial charge in [0.05, 0.1) is 0 Å². The van der Waals surface area contributed by atoms with E-state index in [-0.39, 0.29) is 5.91 Å². The van der Waals surface area contributed by atoms with E-state index in [1.807, 2.05) is 25.1 Å². The van der Waals surface area contributed by atoms with Crippen molar-refractivity contribution in [2.24, 2.45) is 0 Å². The molecular weight excluding hydrogens is 248 g/mol. The zero-order valence-electron chi connectivity index (χ0n) is 11.9. The van der Waals surface area contributed by atoms with E-state index >= 15 is 0 Å². The third-order valence-electron chi connectivity index (χ3n) is 3.56. The molecule has 0 spiro atoms. The highest BCUT2D eigenvalue weighted by atomic mass is 16.1. The van der Waals surface area contributed by atoms with Gasteiger partial charge in [-0.15, -0.1) is 0 Å². The van der Waals surface area contributed by atoms with Crippen molar-refractivity contribution < 1.29 is 4.79 Å². The highest BCUT2D eigenvalue weighted by Crippen LogP contribution is 2.16. The number of hydrogen-bond acceptors (Lipinski definition) is 2. The zero-order chi connectivity index (χ0) is 14.5. The van der Waals surface area contributed by atoms with Crippen molar-refractivity contribution in [3.63, 3.8) is 0 Å². The number of benzene rings is 2. The van der Waals surface area contributed by atoms with Gasteiger partial charge in [0.2, 0.25) is 0 Å². The average Bonchev–Trinajstić information content (AvgIpc) is 2.48. The molecule has 0 bridgehead atoms. The minimum absolute atomic E-state index is 0.0827. The van der Waals surface area contributed by atoms with E-state index in [2.05, 4.69) is 18.3 Å². The molecule has 0 aliphatic carbocycles. The van der Waals surface area contributed by atoms with Crippen molar-refractivity contribution in [2.45, 2.75) is 26.8 Å². The summed E-state index contributed by atoms with van der Waals surface area (Å²) in [6, 6.07) is 13.6. The van der Waals surface area contributed by atoms with Gasteiger partial charge in [0.25, 0.3) is 5.91 Å². The Morgan fingerprint density at radius 2 is 1.80 bits per heavy atom. The molecule has 0 saturated carbocycles. The van der Waals surface area contributed by atoms with Crippen LogP contribution in [0.2, 0.25) is 0 Å². The molecule has 2 rings (SSSR count). The smallest absolute Gasteiger partial charge is 0.251 e. The molecule has 0 unspecified atom stereocenters. The predicted molar refractivity (Wildman–Crippen MR) is 82.6 cm³/mol. The summed E-state index contributed by atoms with van der Waals surface area (Å²) in [5.74, 6) is -0.0827. The van der Waals surface area contributed by atoms with Crippen molar-refractivity contribution >= 4 is 11.6 Å². The predicted octanol–water partition coefficient (Wildman–Crippen LogP) is 3.07. The first kappa shape index (κ1) is 14.1. The van der Waals surface area contributed by atoms with E-state index in [0.29, 0.717) is 17.8 Å². The first-order valence-corrected chi connectivity index (χ1v) is 6.83. The van der Waals surface area contributed by atoms with Gasteiger partial charge >= 0.3 is 0 Å². The standard InChI is InChI=1S/C17H20N2O/c1-3-13-7-4-5-8-14(13)11-19-17(20)15-9-6-10-16(18)12(15)2/h4-10H,3,11,18H2,1-2H3,(H,19,20). The highest BCUT2D eigenvalue weighted by Gasteiger charge is 2.10. The van der Waals surface area contributed by atoms with Crippen LogP contribution in [0.3, 0.4) is 0 Å². The number of amides is 1. The van der Waals surface area contributed by atoms with Crippen molar-refractivity contribution in [1.29, 1.82) is 0 Å². The maximum absolute atomic E-state index is 12.2. The second-order valence-corrected chi connectivity index (χ2v) is 4.82. The molecule has 0 aliphatic heterocycles. The topological polar surface area (TPSA) is 55.1 Å². The van der Waals surface area contributed by atoms with E-state index < -0.39 is 0 Å². The average molecular weight is 268 g/mol. The molecule has 0 aliphatic rings. The fourth-order valence-electron chi connectivity index (χ4n) is 2.25. The minimum atomic E-state index is -0.0827. The molecule has 1 amide bonds. The lowest BCUT2D eigenvalue weighted by molar-refractivity contribution is 0.0950. The fourth-order valence-corrected chi connectivity index (χ4v) is 2.25. The summed E-state index contributed by atoms with van der Waals surface area (Å²) < 4.78 is 0. The SMILES string of the molecule is CCc1ccccc1CNC(=O)c1cccc(N)c1C. The van der Waals surface area contributed by atoms with E-state index in [4.69, 9.17) is 5.73 Å². The molecule has 2 aromatic rings. The Morgan fingerprint density at radius 3 is 2.50 bits per heavy atom. The maximum Gasteiger partial charge on any atom is 0.251 e. The lowest BCUT2D eigenvalue weighted by Gasteiger charge is -2.11. The molecule has 0 aromatic heterocycles. The molecule has 0 atom stereocenters. The van der Waals surface area contributed by atoms with Gasteiger partial charge < -0.3 is 11.1 Å². The van der Waals surface area contributed by atoms with Crippen LogP contribution in [0.15, 0.2) is 42.5 Å². The molecule has 3 nitrogen and oxygen atoms in total. The summed E-state index contributed by atoms with van der Waals surface area (Å²) in [7, 11) is 0. The van der Waals surface area contributed by atoms with E-state index in [0.717, 1.165) is 17.5 Å². The largest absolute Gasteiger partial charge is 0.398 e. The molecular formula is C17H20N2O. The quantitative estimate of drug-likeness (QED) is 0.837. The molecule has 0 radical (unpaired) electrons. The first-order chi connectivity index (χ1) is 9.63. The van der Waals surface area contributed by atoms with Crippen LogP contribution in [-0.2, 0) is 13.0 Å². The zero-order valence-corrected chi connectivity index (χ0v) is 11.9. The maximum atomic E-state index is 12.2. The third kappa shape index (κ3) is 2.99. The Labute approximate surface area is 119 Å². The van der Waals surface area contributed by atoms with E-state index in [9.17, 15) is 4.79 Å². The van der Waals surface area contributed by atoms with Gasteiger partial charge in [-0.05, 0) is 42.2 Å². The lowest BCUT2D eigenvalue weighted by atomic mass is 10.0. The fraction of sp³-hybridized carbons (Fsp3) is 0.235. The number of nitrogen functional groups attached to an aromatic ring is 1. The van der Waals surface area contributed by atoms with E-state index in [1.54, 1.807) is 18.2 Å². The molecule has 20 heavy (non-hydrogen) atoms. The second-order valence-electron chi connectivity index (χ2n) is 4.82. The van der Waals surface area contributed by atoms with Crippen molar-refractivity contribution in [3.05, 3.63) is 64.7 Å². The number of anilines is 1. The van der Waals surface area contributed by atoms with Crippen LogP contribution in [-0.4, -0.2) is 5.91 Å². The molecule has 3 N–H and O–H groups in total. The summed E-state index contributed by atoms with van der Waals surface area (Å²) in [5, 5.41) is 2.96. The highest BCUT2D eigenvalue weighted by molar-refractivity contribution is 5.96. The van der Waals surface area contributed by atoms with Gasteiger partial charge in [0.15, 0.2) is 0 Å². The molecule has 104 valence electrons. The first-order valence-electron chi connectivity index (χ1n) is 6.83. The Hall–Kier alpha value is -2.29. The number of rotatable bonds is 4. The number of aryl methyl sites for hydroxylation is 1. The summed E-state index contributed by atoms with van der Waals surface area (Å²) in [6.45, 7) is 4.52. The summed E-state index contributed by atoms with van der Waals surface area (Å²) in [4.78, 5) is 12.2. The molecule has 0 heterocycles. The number of hydrogen-bond donors (Lipinski definition) is 2. The number of carbonyl (C=O) groups is 1. The van der Waals surface area contributed by atoms with Crippen LogP contribution in [0.4, 0.5) is 5.69 Å². The van der Waals surface area contributed by atoms with Crippen LogP contribution in [0.25, 0.3) is 0 Å². The van der Waals surface area contributed by atoms with Crippen LogP contribution in [0.5, 0.6) is 0 Å². The van der Waals surface area contributed by atoms with Crippen molar-refractivity contribution in [3.8, 4) is 0 Å². The van der Waals surface area contributed by atoms with Gasteiger partial charge in [-0.25, -0.2) is 0 Å². The normalized spacial score (nSPS) is 10.3. The number of carbonyl (C=O) groups excluding carboxylic acids is 1. The lowest BCUT2D eigenvalue weighted by Crippen LogP contribution is -2.24. The van der Waals surface area contributed by atoms with Crippen LogP contribution in [0.1, 0.15) is 34.0 Å². The second kappa shape index (κ2) is 6.24. The summed E-state index contributed by atoms with van der Waals surface area (Å²) >= 11 is 0. The Kier molecular flexibility index (Phi) is 4.41. The third-order valence-corrected chi connectivity index (χ3v) is 3.56. The van der Waals surface area contributed by atoms with Gasteiger partial charge in [-0.1, -0.05) is 37.3 Å². The van der Waals surface area contributed by atoms with Gasteiger partial charge in [-0.2, -0.15) is 0 Å². The Balaban J connectivity index is 2.11. The van der Waals surface area contributed by atoms with Crippen LogP contribution >= 0.6 is 0 Å². The van der Waals surface area contributed by atoms with Crippen LogP contribution in [0, 0.1) is 6.92 Å². The van der Waals surface area contributed by atoms with Gasteiger partial charge in [-0.3, -0.25) is 4.79 Å². The Morgan fingerprint density at radius 1 is 1.10 bits per heavy atom. The summed E-state index contributed by atoms with van der Waals surface area (Å²) in [5.41, 5.74) is 10.4. The van der Waals surface area contributed by atoms with Crippen LogP contribution < -0.4 is 11.1 Å². The molecule has 0 fully saturated rings. The van der Waals surface area contributed by atoms with Gasteiger partial charge in [0, 0.05) is 17.8 Å².